The first-order valence-electron chi connectivity index (χ1n) is 18.5. The number of para-hydroxylation sites is 1. The Kier molecular flexibility index (Phi) is 2.60. The number of hydrogen-bond acceptors (Lipinski definition) is 4. The summed E-state index contributed by atoms with van der Waals surface area (Å²) in [5, 5.41) is 1.12. The van der Waals surface area contributed by atoms with Gasteiger partial charge in [0.05, 0.1) is 20.6 Å². The van der Waals surface area contributed by atoms with Gasteiger partial charge < -0.3 is 4.42 Å². The van der Waals surface area contributed by atoms with Crippen LogP contribution in [0.1, 0.15) is 20.6 Å². The molecule has 174 valence electrons. The number of nitrogens with zero attached hydrogens (tertiary/aromatic N) is 3. The monoisotopic (exact) mass is 490 g/mol. The summed E-state index contributed by atoms with van der Waals surface area (Å²) in [6.45, 7) is 0. The number of aromatic nitrogens is 3. The molecule has 0 aliphatic heterocycles. The highest BCUT2D eigenvalue weighted by Gasteiger charge is 2.16. The molecule has 5 aromatic carbocycles. The molecule has 0 aliphatic carbocycles. The van der Waals surface area contributed by atoms with Crippen LogP contribution in [0, 0.1) is 0 Å². The summed E-state index contributed by atoms with van der Waals surface area (Å²) < 4.78 is 130. The maximum atomic E-state index is 8.53. The molecule has 0 fully saturated rings. The third kappa shape index (κ3) is 3.85. The van der Waals surface area contributed by atoms with Crippen LogP contribution in [-0.2, 0) is 0 Å². The summed E-state index contributed by atoms with van der Waals surface area (Å²) in [4.78, 5) is 13.2. The molecule has 7 aromatic rings. The zero-order chi connectivity index (χ0) is 37.7. The normalized spacial score (nSPS) is 16.9. The predicted molar refractivity (Wildman–Crippen MR) is 149 cm³/mol. The van der Waals surface area contributed by atoms with Gasteiger partial charge in [-0.25, -0.2) is 15.0 Å². The Bertz CT molecular complexity index is 2540. The Morgan fingerprint density at radius 1 is 0.514 bits per heavy atom. The lowest BCUT2D eigenvalue weighted by molar-refractivity contribution is 0.670. The largest absolute Gasteiger partial charge is 0.455 e. The lowest BCUT2D eigenvalue weighted by Gasteiger charge is -2.08. The fraction of sp³-hybridized carbons (Fsp3) is 0. The van der Waals surface area contributed by atoms with E-state index >= 15 is 0 Å². The van der Waals surface area contributed by atoms with Crippen molar-refractivity contribution in [2.24, 2.45) is 0 Å². The molecule has 0 N–H and O–H groups in total. The maximum Gasteiger partial charge on any atom is 0.164 e. The Morgan fingerprint density at radius 3 is 1.65 bits per heavy atom. The Labute approximate surface area is 235 Å². The molecule has 2 heterocycles. The van der Waals surface area contributed by atoms with Gasteiger partial charge in [-0.2, -0.15) is 0 Å². The molecule has 7 rings (SSSR count). The molecule has 0 bridgehead atoms. The van der Waals surface area contributed by atoms with Crippen molar-refractivity contribution in [1.82, 2.24) is 15.0 Å². The highest BCUT2D eigenvalue weighted by molar-refractivity contribution is 6.10. The standard InChI is InChI=1S/C33H21N3O/c1-4-11-22(12-5-1)26-17-10-18-28-27-20-19-25(21-29(27)37-30(26)28)33-35-31(23-13-6-2-7-14-23)34-32(36-33)24-15-8-3-9-16-24/h1-21H/i1D,2D,3D,4D,5D,6D,7D,8D,9D,11D,12D,13D,14D,15D,16D. The molecule has 4 heteroatoms. The zero-order valence-electron chi connectivity index (χ0n) is 33.7. The van der Waals surface area contributed by atoms with Gasteiger partial charge in [-0.3, -0.25) is 0 Å². The van der Waals surface area contributed by atoms with Crippen LogP contribution < -0.4 is 0 Å². The number of rotatable bonds is 4. The lowest BCUT2D eigenvalue weighted by atomic mass is 10.0. The molecule has 0 atom stereocenters. The Hall–Kier alpha value is -5.09. The average Bonchev–Trinajstić information content (AvgIpc) is 3.52. The van der Waals surface area contributed by atoms with E-state index in [4.69, 9.17) is 25.0 Å². The van der Waals surface area contributed by atoms with Gasteiger partial charge in [0.15, 0.2) is 17.5 Å². The number of benzene rings is 5. The molecular formula is C33H21N3O. The van der Waals surface area contributed by atoms with Gasteiger partial charge in [0, 0.05) is 33.0 Å². The van der Waals surface area contributed by atoms with Crippen molar-refractivity contribution in [3.63, 3.8) is 0 Å². The number of fused-ring (bicyclic) bond motifs is 3. The summed E-state index contributed by atoms with van der Waals surface area (Å²) in [5.74, 6) is -0.999. The van der Waals surface area contributed by atoms with Gasteiger partial charge in [0.25, 0.3) is 0 Å². The minimum absolute atomic E-state index is 0.0557. The van der Waals surface area contributed by atoms with E-state index < -0.39 is 113 Å². The van der Waals surface area contributed by atoms with E-state index in [1.807, 2.05) is 0 Å². The highest BCUT2D eigenvalue weighted by Crippen LogP contribution is 2.37. The van der Waals surface area contributed by atoms with Gasteiger partial charge in [0.2, 0.25) is 0 Å². The van der Waals surface area contributed by atoms with Crippen molar-refractivity contribution in [2.75, 3.05) is 0 Å². The van der Waals surface area contributed by atoms with E-state index in [2.05, 4.69) is 15.0 Å². The van der Waals surface area contributed by atoms with Crippen molar-refractivity contribution in [3.05, 3.63) is 127 Å². The minimum Gasteiger partial charge on any atom is -0.455 e. The first-order valence-corrected chi connectivity index (χ1v) is 11.0. The number of furan rings is 1. The highest BCUT2D eigenvalue weighted by atomic mass is 16.3. The average molecular weight is 491 g/mol. The molecule has 37 heavy (non-hydrogen) atoms. The maximum absolute atomic E-state index is 8.53. The minimum atomic E-state index is -0.666. The van der Waals surface area contributed by atoms with Crippen molar-refractivity contribution in [2.45, 2.75) is 0 Å². The summed E-state index contributed by atoms with van der Waals surface area (Å²) >= 11 is 0. The van der Waals surface area contributed by atoms with E-state index in [1.54, 1.807) is 30.3 Å². The molecule has 0 saturated heterocycles. The fourth-order valence-electron chi connectivity index (χ4n) is 3.97. The predicted octanol–water partition coefficient (Wildman–Crippen LogP) is 8.44. The first kappa shape index (κ1) is 10.9. The second kappa shape index (κ2) is 8.85. The number of hydrogen-bond donors (Lipinski definition) is 0. The van der Waals surface area contributed by atoms with Crippen LogP contribution in [0.2, 0.25) is 0 Å². The van der Waals surface area contributed by atoms with E-state index in [-0.39, 0.29) is 33.7 Å². The van der Waals surface area contributed by atoms with Gasteiger partial charge in [-0.05, 0) is 17.7 Å². The van der Waals surface area contributed by atoms with Crippen molar-refractivity contribution >= 4 is 21.9 Å². The molecule has 0 unspecified atom stereocenters. The first-order chi connectivity index (χ1) is 24.5. The molecule has 4 nitrogen and oxygen atoms in total. The second-order valence-electron chi connectivity index (χ2n) is 7.80. The van der Waals surface area contributed by atoms with Crippen molar-refractivity contribution in [3.8, 4) is 45.3 Å². The Balaban J connectivity index is 1.51. The van der Waals surface area contributed by atoms with E-state index in [0.29, 0.717) is 10.8 Å². The van der Waals surface area contributed by atoms with Crippen molar-refractivity contribution in [1.29, 1.82) is 0 Å². The van der Waals surface area contributed by atoms with Gasteiger partial charge >= 0.3 is 0 Å². The summed E-state index contributed by atoms with van der Waals surface area (Å²) in [7, 11) is 0. The summed E-state index contributed by atoms with van der Waals surface area (Å²) in [6.07, 6.45) is 0. The molecule has 0 spiro atoms. The molecule has 0 saturated carbocycles. The van der Waals surface area contributed by atoms with E-state index in [1.165, 1.54) is 6.07 Å². The quantitative estimate of drug-likeness (QED) is 0.248. The molecule has 0 amide bonds. The van der Waals surface area contributed by atoms with Crippen LogP contribution in [0.25, 0.3) is 67.2 Å². The van der Waals surface area contributed by atoms with Crippen LogP contribution in [0.4, 0.5) is 0 Å². The lowest BCUT2D eigenvalue weighted by Crippen LogP contribution is -2.00. The smallest absolute Gasteiger partial charge is 0.164 e. The zero-order valence-corrected chi connectivity index (χ0v) is 18.7. The van der Waals surface area contributed by atoms with Gasteiger partial charge in [-0.15, -0.1) is 0 Å². The third-order valence-electron chi connectivity index (χ3n) is 5.61. The SMILES string of the molecule is [2H]c1c([2H])c([2H])c(-c2nc(-c3ccc4c(c3)oc3c(-c5c([2H])c([2H])c([2H])c([2H])c5[2H])cccc34)nc(-c3c([2H])c([2H])c([2H])c([2H])c3[2H])n2)c([2H])c1[2H]. The molecule has 0 aliphatic rings. The molecule has 0 radical (unpaired) electrons. The van der Waals surface area contributed by atoms with Crippen LogP contribution in [0.5, 0.6) is 0 Å². The van der Waals surface area contributed by atoms with Gasteiger partial charge in [0.1, 0.15) is 11.2 Å². The summed E-state index contributed by atoms with van der Waals surface area (Å²) in [5.41, 5.74) is 0.0948. The van der Waals surface area contributed by atoms with Crippen LogP contribution in [0.15, 0.2) is 131 Å². The molecule has 2 aromatic heterocycles. The fourth-order valence-corrected chi connectivity index (χ4v) is 3.97. The van der Waals surface area contributed by atoms with E-state index in [9.17, 15) is 0 Å². The van der Waals surface area contributed by atoms with Crippen LogP contribution in [0.3, 0.4) is 0 Å². The molecular weight excluding hydrogens is 454 g/mol. The topological polar surface area (TPSA) is 51.8 Å². The summed E-state index contributed by atoms with van der Waals surface area (Å²) in [6, 6.07) is 0.827. The van der Waals surface area contributed by atoms with E-state index in [0.717, 1.165) is 0 Å². The Morgan fingerprint density at radius 2 is 1.05 bits per heavy atom. The van der Waals surface area contributed by atoms with Crippen LogP contribution in [-0.4, -0.2) is 15.0 Å². The third-order valence-corrected chi connectivity index (χ3v) is 5.61. The van der Waals surface area contributed by atoms with Crippen molar-refractivity contribution < 1.29 is 25.0 Å². The second-order valence-corrected chi connectivity index (χ2v) is 7.80. The van der Waals surface area contributed by atoms with Crippen LogP contribution >= 0.6 is 0 Å². The van der Waals surface area contributed by atoms with Gasteiger partial charge in [-0.1, -0.05) is 115 Å².